The summed E-state index contributed by atoms with van der Waals surface area (Å²) in [5, 5.41) is 9.55. The number of phenols is 1. The molecule has 3 N–H and O–H groups in total. The minimum absolute atomic E-state index is 0.148. The minimum atomic E-state index is -2.82. The number of benzene rings is 1. The number of carbonyl (C=O) groups excluding carboxylic acids is 1. The Hall–Kier alpha value is -1.49. The van der Waals surface area contributed by atoms with Gasteiger partial charge in [-0.05, 0) is 31.5 Å². The van der Waals surface area contributed by atoms with E-state index in [0.29, 0.717) is 5.56 Å². The second kappa shape index (κ2) is 4.57. The number of hydrogen-bond acceptors (Lipinski definition) is 3. The second-order valence-corrected chi connectivity index (χ2v) is 3.70. The number of Topliss-reactive ketones (excluding diaryl/α,β-unsaturated/α-hetero) is 1. The SMILES string of the molecule is Cc1cc(C(=O)C(C)N)c(O)c(C(F)F)c1. The molecule has 1 rings (SSSR count). The number of phenolic OH excluding ortho intramolecular Hbond substituents is 1. The molecule has 1 aromatic carbocycles. The molecule has 0 fully saturated rings. The molecule has 1 aromatic rings. The molecule has 0 aliphatic rings. The van der Waals surface area contributed by atoms with Gasteiger partial charge >= 0.3 is 0 Å². The van der Waals surface area contributed by atoms with Gasteiger partial charge in [-0.3, -0.25) is 4.79 Å². The van der Waals surface area contributed by atoms with E-state index in [2.05, 4.69) is 0 Å². The molecule has 0 aliphatic carbocycles. The molecular formula is C11H13F2NO2. The summed E-state index contributed by atoms with van der Waals surface area (Å²) in [5.74, 6) is -1.23. The Balaban J connectivity index is 3.35. The number of rotatable bonds is 3. The van der Waals surface area contributed by atoms with Crippen molar-refractivity contribution >= 4 is 5.78 Å². The number of nitrogens with two attached hydrogens (primary N) is 1. The van der Waals surface area contributed by atoms with Crippen molar-refractivity contribution in [2.75, 3.05) is 0 Å². The van der Waals surface area contributed by atoms with Gasteiger partial charge in [0.2, 0.25) is 0 Å². The first-order chi connectivity index (χ1) is 7.34. The number of hydrogen-bond donors (Lipinski definition) is 2. The highest BCUT2D eigenvalue weighted by Gasteiger charge is 2.22. The molecule has 5 heteroatoms. The van der Waals surface area contributed by atoms with Crippen molar-refractivity contribution in [1.82, 2.24) is 0 Å². The number of carbonyl (C=O) groups is 1. The maximum atomic E-state index is 12.5. The van der Waals surface area contributed by atoms with Crippen LogP contribution in [0.4, 0.5) is 8.78 Å². The number of aromatic hydroxyl groups is 1. The van der Waals surface area contributed by atoms with Gasteiger partial charge in [-0.15, -0.1) is 0 Å². The van der Waals surface area contributed by atoms with Gasteiger partial charge in [-0.1, -0.05) is 0 Å². The zero-order chi connectivity index (χ0) is 12.5. The molecule has 0 saturated heterocycles. The summed E-state index contributed by atoms with van der Waals surface area (Å²) < 4.78 is 25.1. The lowest BCUT2D eigenvalue weighted by atomic mass is 9.99. The van der Waals surface area contributed by atoms with Gasteiger partial charge in [0.05, 0.1) is 17.2 Å². The van der Waals surface area contributed by atoms with Crippen LogP contribution < -0.4 is 5.73 Å². The number of ketones is 1. The van der Waals surface area contributed by atoms with Gasteiger partial charge in [0.1, 0.15) is 5.75 Å². The molecule has 0 saturated carbocycles. The first-order valence-corrected chi connectivity index (χ1v) is 4.76. The third kappa shape index (κ3) is 2.36. The molecule has 3 nitrogen and oxygen atoms in total. The van der Waals surface area contributed by atoms with Crippen LogP contribution in [-0.2, 0) is 0 Å². The molecular weight excluding hydrogens is 216 g/mol. The lowest BCUT2D eigenvalue weighted by molar-refractivity contribution is 0.0964. The van der Waals surface area contributed by atoms with Crippen LogP contribution in [0, 0.1) is 6.92 Å². The zero-order valence-electron chi connectivity index (χ0n) is 9.00. The number of halogens is 2. The Morgan fingerprint density at radius 1 is 1.44 bits per heavy atom. The van der Waals surface area contributed by atoms with Crippen molar-refractivity contribution in [3.8, 4) is 5.75 Å². The quantitative estimate of drug-likeness (QED) is 0.781. The largest absolute Gasteiger partial charge is 0.507 e. The van der Waals surface area contributed by atoms with Crippen molar-refractivity contribution < 1.29 is 18.7 Å². The maximum absolute atomic E-state index is 12.5. The predicted octanol–water partition coefficient (Wildman–Crippen LogP) is 2.17. The fourth-order valence-corrected chi connectivity index (χ4v) is 1.41. The third-order valence-electron chi connectivity index (χ3n) is 2.20. The van der Waals surface area contributed by atoms with Gasteiger partial charge in [0, 0.05) is 0 Å². The lowest BCUT2D eigenvalue weighted by Gasteiger charge is -2.11. The molecule has 0 amide bonds. The molecule has 16 heavy (non-hydrogen) atoms. The van der Waals surface area contributed by atoms with Gasteiger partial charge in [0.15, 0.2) is 5.78 Å². The van der Waals surface area contributed by atoms with Crippen molar-refractivity contribution in [2.45, 2.75) is 26.3 Å². The van der Waals surface area contributed by atoms with Crippen molar-refractivity contribution in [3.63, 3.8) is 0 Å². The molecule has 1 atom stereocenters. The molecule has 0 radical (unpaired) electrons. The zero-order valence-corrected chi connectivity index (χ0v) is 9.00. The van der Waals surface area contributed by atoms with Crippen LogP contribution in [0.5, 0.6) is 5.75 Å². The first kappa shape index (κ1) is 12.6. The fraction of sp³-hybridized carbons (Fsp3) is 0.364. The Bertz CT molecular complexity index is 417. The van der Waals surface area contributed by atoms with Gasteiger partial charge in [-0.25, -0.2) is 8.78 Å². The summed E-state index contributed by atoms with van der Waals surface area (Å²) in [6.07, 6.45) is -2.82. The summed E-state index contributed by atoms with van der Waals surface area (Å²) in [7, 11) is 0. The molecule has 0 aliphatic heterocycles. The van der Waals surface area contributed by atoms with Crippen molar-refractivity contribution in [3.05, 3.63) is 28.8 Å². The standard InChI is InChI=1S/C11H13F2NO2/c1-5-3-7(9(15)6(2)14)10(16)8(4-5)11(12)13/h3-4,6,11,16H,14H2,1-2H3. The first-order valence-electron chi connectivity index (χ1n) is 4.76. The summed E-state index contributed by atoms with van der Waals surface area (Å²) in [6.45, 7) is 3.01. The Labute approximate surface area is 91.9 Å². The van der Waals surface area contributed by atoms with E-state index in [-0.39, 0.29) is 5.56 Å². The smallest absolute Gasteiger partial charge is 0.267 e. The normalized spacial score (nSPS) is 12.9. The average molecular weight is 229 g/mol. The Morgan fingerprint density at radius 3 is 2.44 bits per heavy atom. The van der Waals surface area contributed by atoms with E-state index in [4.69, 9.17) is 5.73 Å². The molecule has 0 bridgehead atoms. The van der Waals surface area contributed by atoms with Crippen molar-refractivity contribution in [2.24, 2.45) is 5.73 Å². The molecule has 0 heterocycles. The van der Waals surface area contributed by atoms with E-state index in [0.717, 1.165) is 6.07 Å². The topological polar surface area (TPSA) is 63.3 Å². The Kier molecular flexibility index (Phi) is 3.59. The number of aryl methyl sites for hydroxylation is 1. The second-order valence-electron chi connectivity index (χ2n) is 3.70. The van der Waals surface area contributed by atoms with Gasteiger partial charge in [0.25, 0.3) is 6.43 Å². The average Bonchev–Trinajstić information content (AvgIpc) is 2.19. The predicted molar refractivity (Wildman–Crippen MR) is 55.8 cm³/mol. The van der Waals surface area contributed by atoms with E-state index in [1.54, 1.807) is 6.92 Å². The third-order valence-corrected chi connectivity index (χ3v) is 2.20. The van der Waals surface area contributed by atoms with Crippen molar-refractivity contribution in [1.29, 1.82) is 0 Å². The van der Waals surface area contributed by atoms with Gasteiger partial charge in [-0.2, -0.15) is 0 Å². The van der Waals surface area contributed by atoms with Crippen LogP contribution in [-0.4, -0.2) is 16.9 Å². The van der Waals surface area contributed by atoms with Crippen LogP contribution in [0.15, 0.2) is 12.1 Å². The Morgan fingerprint density at radius 2 is 2.00 bits per heavy atom. The van der Waals surface area contributed by atoms with E-state index in [9.17, 15) is 18.7 Å². The van der Waals surface area contributed by atoms with E-state index in [1.807, 2.05) is 0 Å². The van der Waals surface area contributed by atoms with Gasteiger partial charge < -0.3 is 10.8 Å². The molecule has 0 aromatic heterocycles. The van der Waals surface area contributed by atoms with Crippen LogP contribution in [0.1, 0.15) is 34.8 Å². The highest BCUT2D eigenvalue weighted by Crippen LogP contribution is 2.32. The highest BCUT2D eigenvalue weighted by atomic mass is 19.3. The molecule has 88 valence electrons. The summed E-state index contributed by atoms with van der Waals surface area (Å²) in [6, 6.07) is 1.67. The summed E-state index contributed by atoms with van der Waals surface area (Å²) in [4.78, 5) is 11.6. The summed E-state index contributed by atoms with van der Waals surface area (Å²) >= 11 is 0. The monoisotopic (exact) mass is 229 g/mol. The maximum Gasteiger partial charge on any atom is 0.267 e. The summed E-state index contributed by atoms with van der Waals surface area (Å²) in [5.41, 5.74) is 5.16. The van der Waals surface area contributed by atoms with Crippen LogP contribution in [0.2, 0.25) is 0 Å². The molecule has 0 spiro atoms. The van der Waals surface area contributed by atoms with Crippen LogP contribution >= 0.6 is 0 Å². The lowest BCUT2D eigenvalue weighted by Crippen LogP contribution is -2.27. The number of alkyl halides is 2. The van der Waals surface area contributed by atoms with E-state index < -0.39 is 29.6 Å². The fourth-order valence-electron chi connectivity index (χ4n) is 1.41. The highest BCUT2D eigenvalue weighted by molar-refractivity contribution is 6.02. The minimum Gasteiger partial charge on any atom is -0.507 e. The van der Waals surface area contributed by atoms with E-state index >= 15 is 0 Å². The van der Waals surface area contributed by atoms with Crippen LogP contribution in [0.3, 0.4) is 0 Å². The molecule has 1 unspecified atom stereocenters. The van der Waals surface area contributed by atoms with Crippen LogP contribution in [0.25, 0.3) is 0 Å². The van der Waals surface area contributed by atoms with E-state index in [1.165, 1.54) is 13.0 Å².